The lowest BCUT2D eigenvalue weighted by molar-refractivity contribution is -0.146. The standard InChI is InChI=1S/C11H12F3NO3/c1-17-10(16)8-2-3-9(15-6-8)7-18-5-4-11(12,13)14/h2-3,6H,4-5,7H2,1H3. The Morgan fingerprint density at radius 3 is 2.61 bits per heavy atom. The van der Waals surface area contributed by atoms with E-state index in [1.54, 1.807) is 0 Å². The number of halogens is 3. The maximum absolute atomic E-state index is 11.8. The van der Waals surface area contributed by atoms with Crippen molar-refractivity contribution < 1.29 is 27.4 Å². The average Bonchev–Trinajstić information content (AvgIpc) is 2.33. The average molecular weight is 263 g/mol. The zero-order valence-corrected chi connectivity index (χ0v) is 9.66. The van der Waals surface area contributed by atoms with Gasteiger partial charge in [0.1, 0.15) is 0 Å². The number of methoxy groups -OCH3 is 1. The number of carbonyl (C=O) groups excluding carboxylic acids is 1. The molecule has 100 valence electrons. The second-order valence-electron chi connectivity index (χ2n) is 3.45. The van der Waals surface area contributed by atoms with Crippen molar-refractivity contribution >= 4 is 5.97 Å². The first-order valence-electron chi connectivity index (χ1n) is 5.10. The smallest absolute Gasteiger partial charge is 0.391 e. The van der Waals surface area contributed by atoms with Crippen LogP contribution in [-0.4, -0.2) is 30.8 Å². The normalized spacial score (nSPS) is 11.3. The predicted octanol–water partition coefficient (Wildman–Crippen LogP) is 2.34. The Morgan fingerprint density at radius 2 is 2.11 bits per heavy atom. The van der Waals surface area contributed by atoms with Gasteiger partial charge in [0.2, 0.25) is 0 Å². The summed E-state index contributed by atoms with van der Waals surface area (Å²) in [5.74, 6) is -0.521. The number of hydrogen-bond donors (Lipinski definition) is 0. The van der Waals surface area contributed by atoms with Gasteiger partial charge in [0.15, 0.2) is 0 Å². The van der Waals surface area contributed by atoms with E-state index in [0.717, 1.165) is 0 Å². The van der Waals surface area contributed by atoms with Gasteiger partial charge in [-0.25, -0.2) is 4.79 Å². The van der Waals surface area contributed by atoms with Gasteiger partial charge < -0.3 is 9.47 Å². The van der Waals surface area contributed by atoms with Gasteiger partial charge in [-0.05, 0) is 12.1 Å². The molecular formula is C11H12F3NO3. The number of alkyl halides is 3. The van der Waals surface area contributed by atoms with Gasteiger partial charge in [0.05, 0.1) is 38.0 Å². The number of ether oxygens (including phenoxy) is 2. The second kappa shape index (κ2) is 6.34. The molecule has 0 aliphatic carbocycles. The first kappa shape index (κ1) is 14.4. The van der Waals surface area contributed by atoms with Crippen LogP contribution in [0.5, 0.6) is 0 Å². The molecule has 0 saturated heterocycles. The van der Waals surface area contributed by atoms with Crippen LogP contribution < -0.4 is 0 Å². The number of aromatic nitrogens is 1. The summed E-state index contributed by atoms with van der Waals surface area (Å²) in [5.41, 5.74) is 0.723. The molecule has 1 aromatic heterocycles. The van der Waals surface area contributed by atoms with Crippen LogP contribution in [0.25, 0.3) is 0 Å². The number of hydrogen-bond acceptors (Lipinski definition) is 4. The molecule has 0 atom stereocenters. The fourth-order valence-corrected chi connectivity index (χ4v) is 1.11. The van der Waals surface area contributed by atoms with Crippen LogP contribution >= 0.6 is 0 Å². The minimum Gasteiger partial charge on any atom is -0.465 e. The van der Waals surface area contributed by atoms with Crippen molar-refractivity contribution in [2.24, 2.45) is 0 Å². The van der Waals surface area contributed by atoms with E-state index in [-0.39, 0.29) is 12.2 Å². The van der Waals surface area contributed by atoms with Crippen molar-refractivity contribution in [3.8, 4) is 0 Å². The molecule has 0 saturated carbocycles. The van der Waals surface area contributed by atoms with Crippen molar-refractivity contribution in [1.29, 1.82) is 0 Å². The number of pyridine rings is 1. The molecule has 18 heavy (non-hydrogen) atoms. The van der Waals surface area contributed by atoms with E-state index in [1.165, 1.54) is 25.4 Å². The quantitative estimate of drug-likeness (QED) is 0.604. The molecule has 0 unspecified atom stereocenters. The van der Waals surface area contributed by atoms with Crippen LogP contribution in [0.1, 0.15) is 22.5 Å². The van der Waals surface area contributed by atoms with Crippen LogP contribution in [0.2, 0.25) is 0 Å². The topological polar surface area (TPSA) is 48.4 Å². The van der Waals surface area contributed by atoms with Gasteiger partial charge in [-0.15, -0.1) is 0 Å². The molecule has 7 heteroatoms. The Morgan fingerprint density at radius 1 is 1.39 bits per heavy atom. The number of rotatable bonds is 5. The monoisotopic (exact) mass is 263 g/mol. The Bertz CT molecular complexity index is 390. The van der Waals surface area contributed by atoms with Gasteiger partial charge in [-0.2, -0.15) is 13.2 Å². The Hall–Kier alpha value is -1.63. The zero-order valence-electron chi connectivity index (χ0n) is 9.66. The summed E-state index contributed by atoms with van der Waals surface area (Å²) < 4.78 is 44.7. The third-order valence-electron chi connectivity index (χ3n) is 2.03. The summed E-state index contributed by atoms with van der Waals surface area (Å²) in [5, 5.41) is 0. The maximum atomic E-state index is 11.8. The summed E-state index contributed by atoms with van der Waals surface area (Å²) >= 11 is 0. The molecule has 0 N–H and O–H groups in total. The number of nitrogens with zero attached hydrogens (tertiary/aromatic N) is 1. The molecule has 0 fully saturated rings. The Balaban J connectivity index is 2.38. The molecule has 0 aromatic carbocycles. The van der Waals surface area contributed by atoms with Gasteiger partial charge in [0, 0.05) is 6.20 Å². The second-order valence-corrected chi connectivity index (χ2v) is 3.45. The van der Waals surface area contributed by atoms with Gasteiger partial charge >= 0.3 is 12.1 Å². The van der Waals surface area contributed by atoms with Gasteiger partial charge in [-0.1, -0.05) is 0 Å². The lowest BCUT2D eigenvalue weighted by atomic mass is 10.2. The largest absolute Gasteiger partial charge is 0.465 e. The molecule has 0 aliphatic heterocycles. The van der Waals surface area contributed by atoms with Crippen molar-refractivity contribution in [3.05, 3.63) is 29.6 Å². The highest BCUT2D eigenvalue weighted by atomic mass is 19.4. The molecule has 1 heterocycles. The minimum atomic E-state index is -4.22. The van der Waals surface area contributed by atoms with E-state index in [9.17, 15) is 18.0 Å². The van der Waals surface area contributed by atoms with Gasteiger partial charge in [-0.3, -0.25) is 4.98 Å². The highest BCUT2D eigenvalue weighted by Crippen LogP contribution is 2.19. The van der Waals surface area contributed by atoms with E-state index in [4.69, 9.17) is 4.74 Å². The molecule has 1 aromatic rings. The predicted molar refractivity (Wildman–Crippen MR) is 55.9 cm³/mol. The van der Waals surface area contributed by atoms with Crippen molar-refractivity contribution in [2.75, 3.05) is 13.7 Å². The van der Waals surface area contributed by atoms with Crippen molar-refractivity contribution in [3.63, 3.8) is 0 Å². The molecule has 0 bridgehead atoms. The summed E-state index contributed by atoms with van der Waals surface area (Å²) in [4.78, 5) is 15.0. The fraction of sp³-hybridized carbons (Fsp3) is 0.455. The molecule has 0 aliphatic rings. The highest BCUT2D eigenvalue weighted by Gasteiger charge is 2.26. The zero-order chi connectivity index (χ0) is 13.6. The van der Waals surface area contributed by atoms with E-state index < -0.39 is 25.2 Å². The lowest BCUT2D eigenvalue weighted by Crippen LogP contribution is -2.11. The van der Waals surface area contributed by atoms with E-state index in [2.05, 4.69) is 9.72 Å². The fourth-order valence-electron chi connectivity index (χ4n) is 1.11. The van der Waals surface area contributed by atoms with E-state index in [1.807, 2.05) is 0 Å². The molecule has 4 nitrogen and oxygen atoms in total. The van der Waals surface area contributed by atoms with Crippen molar-refractivity contribution in [1.82, 2.24) is 4.98 Å². The number of esters is 1. The van der Waals surface area contributed by atoms with Crippen LogP contribution in [0, 0.1) is 0 Å². The van der Waals surface area contributed by atoms with E-state index >= 15 is 0 Å². The molecule has 0 radical (unpaired) electrons. The lowest BCUT2D eigenvalue weighted by Gasteiger charge is -2.07. The van der Waals surface area contributed by atoms with Crippen molar-refractivity contribution in [2.45, 2.75) is 19.2 Å². The van der Waals surface area contributed by atoms with Crippen LogP contribution in [0.15, 0.2) is 18.3 Å². The molecule has 1 rings (SSSR count). The third kappa shape index (κ3) is 5.13. The molecular weight excluding hydrogens is 251 g/mol. The van der Waals surface area contributed by atoms with E-state index in [0.29, 0.717) is 5.69 Å². The Labute approximate surface area is 102 Å². The van der Waals surface area contributed by atoms with Crippen LogP contribution in [0.4, 0.5) is 13.2 Å². The molecule has 0 spiro atoms. The first-order valence-corrected chi connectivity index (χ1v) is 5.10. The highest BCUT2D eigenvalue weighted by molar-refractivity contribution is 5.88. The Kier molecular flexibility index (Phi) is 5.08. The van der Waals surface area contributed by atoms with Gasteiger partial charge in [0.25, 0.3) is 0 Å². The summed E-state index contributed by atoms with van der Waals surface area (Å²) in [7, 11) is 1.25. The van der Waals surface area contributed by atoms with Crippen LogP contribution in [0.3, 0.4) is 0 Å². The molecule has 0 amide bonds. The SMILES string of the molecule is COC(=O)c1ccc(COCCC(F)(F)F)nc1. The maximum Gasteiger partial charge on any atom is 0.391 e. The summed E-state index contributed by atoms with van der Waals surface area (Å²) in [6.45, 7) is -0.443. The summed E-state index contributed by atoms with van der Waals surface area (Å²) in [6, 6.07) is 2.97. The first-order chi connectivity index (χ1) is 8.42. The third-order valence-corrected chi connectivity index (χ3v) is 2.03. The summed E-state index contributed by atoms with van der Waals surface area (Å²) in [6.07, 6.45) is -3.93. The minimum absolute atomic E-state index is 0.0302. The number of carbonyl (C=O) groups is 1. The van der Waals surface area contributed by atoms with Crippen LogP contribution in [-0.2, 0) is 16.1 Å².